The number of nitrogens with zero attached hydrogens (tertiary/aromatic N) is 3. The lowest BCUT2D eigenvalue weighted by Crippen LogP contribution is -2.23. The van der Waals surface area contributed by atoms with Gasteiger partial charge in [-0.25, -0.2) is 4.68 Å². The molecule has 0 aliphatic rings. The molecular weight excluding hydrogens is 424 g/mol. The molecule has 0 saturated carbocycles. The highest BCUT2D eigenvalue weighted by atomic mass is 35.5. The van der Waals surface area contributed by atoms with E-state index >= 15 is 0 Å². The molecular formula is C25H25ClN4O2. The van der Waals surface area contributed by atoms with Crippen molar-refractivity contribution in [3.8, 4) is 11.6 Å². The number of methoxy groups -OCH3 is 1. The molecule has 0 aliphatic carbocycles. The number of amides is 1. The van der Waals surface area contributed by atoms with Gasteiger partial charge in [-0.3, -0.25) is 4.79 Å². The second-order valence-corrected chi connectivity index (χ2v) is 8.10. The average molecular weight is 449 g/mol. The molecule has 4 aromatic rings. The lowest BCUT2D eigenvalue weighted by atomic mass is 10.0. The molecule has 0 fully saturated rings. The number of aromatic nitrogens is 3. The summed E-state index contributed by atoms with van der Waals surface area (Å²) < 4.78 is 7.45. The molecule has 2 aromatic heterocycles. The van der Waals surface area contributed by atoms with Crippen molar-refractivity contribution in [2.45, 2.75) is 33.2 Å². The summed E-state index contributed by atoms with van der Waals surface area (Å²) in [4.78, 5) is 17.2. The number of fused-ring (bicyclic) bond motifs is 1. The number of halogens is 1. The number of hydrogen-bond donors (Lipinski definition) is 1. The van der Waals surface area contributed by atoms with E-state index in [4.69, 9.17) is 26.4 Å². The van der Waals surface area contributed by atoms with Crippen LogP contribution in [0.1, 0.15) is 28.8 Å². The molecule has 0 radical (unpaired) electrons. The molecule has 1 N–H and O–H groups in total. The maximum Gasteiger partial charge on any atom is 0.220 e. The van der Waals surface area contributed by atoms with E-state index in [1.54, 1.807) is 7.11 Å². The minimum absolute atomic E-state index is 0.0294. The van der Waals surface area contributed by atoms with E-state index in [0.717, 1.165) is 39.1 Å². The van der Waals surface area contributed by atoms with Gasteiger partial charge in [-0.15, -0.1) is 0 Å². The predicted octanol–water partition coefficient (Wildman–Crippen LogP) is 4.95. The largest absolute Gasteiger partial charge is 0.481 e. The summed E-state index contributed by atoms with van der Waals surface area (Å²) in [6, 6.07) is 17.3. The molecule has 0 spiro atoms. The Morgan fingerprint density at radius 1 is 1.09 bits per heavy atom. The van der Waals surface area contributed by atoms with E-state index in [-0.39, 0.29) is 5.91 Å². The fourth-order valence-corrected chi connectivity index (χ4v) is 4.00. The van der Waals surface area contributed by atoms with E-state index < -0.39 is 0 Å². The SMILES string of the molecule is COc1nc2c(c(C)nn2-c2ccccc2)c(C)c1CCC(=O)NCc1ccc(Cl)cc1. The van der Waals surface area contributed by atoms with E-state index in [1.165, 1.54) is 0 Å². The summed E-state index contributed by atoms with van der Waals surface area (Å²) in [6.07, 6.45) is 0.865. The molecule has 2 aromatic carbocycles. The summed E-state index contributed by atoms with van der Waals surface area (Å²) >= 11 is 5.91. The van der Waals surface area contributed by atoms with Crippen LogP contribution in [0.2, 0.25) is 5.02 Å². The van der Waals surface area contributed by atoms with Crippen LogP contribution in [0.15, 0.2) is 54.6 Å². The summed E-state index contributed by atoms with van der Waals surface area (Å²) in [5.74, 6) is 0.496. The summed E-state index contributed by atoms with van der Waals surface area (Å²) in [5, 5.41) is 9.34. The molecule has 2 heterocycles. The summed E-state index contributed by atoms with van der Waals surface area (Å²) in [6.45, 7) is 4.48. The van der Waals surface area contributed by atoms with E-state index in [0.29, 0.717) is 30.3 Å². The summed E-state index contributed by atoms with van der Waals surface area (Å²) in [5.41, 5.74) is 5.55. The van der Waals surface area contributed by atoms with Crippen LogP contribution < -0.4 is 10.1 Å². The molecule has 4 rings (SSSR count). The zero-order valence-corrected chi connectivity index (χ0v) is 19.1. The average Bonchev–Trinajstić information content (AvgIpc) is 3.14. The standard InChI is InChI=1S/C25H25ClN4O2/c1-16-21(13-14-22(31)27-15-18-9-11-19(26)12-10-18)25(32-3)28-24-23(16)17(2)29-30(24)20-7-5-4-6-8-20/h4-12H,13-15H2,1-3H3,(H,27,31). The first-order valence-electron chi connectivity index (χ1n) is 10.5. The summed E-state index contributed by atoms with van der Waals surface area (Å²) in [7, 11) is 1.60. The number of rotatable bonds is 7. The Kier molecular flexibility index (Phi) is 6.42. The van der Waals surface area contributed by atoms with Crippen molar-refractivity contribution in [2.24, 2.45) is 0 Å². The molecule has 32 heavy (non-hydrogen) atoms. The first-order chi connectivity index (χ1) is 15.5. The van der Waals surface area contributed by atoms with Gasteiger partial charge in [0.1, 0.15) is 0 Å². The van der Waals surface area contributed by atoms with Crippen molar-refractivity contribution < 1.29 is 9.53 Å². The van der Waals surface area contributed by atoms with Crippen LogP contribution in [0.5, 0.6) is 5.88 Å². The van der Waals surface area contributed by atoms with Gasteiger partial charge in [0, 0.05) is 28.9 Å². The van der Waals surface area contributed by atoms with Gasteiger partial charge in [0.05, 0.1) is 18.5 Å². The number of ether oxygens (including phenoxy) is 1. The second kappa shape index (κ2) is 9.40. The predicted molar refractivity (Wildman–Crippen MR) is 127 cm³/mol. The normalized spacial score (nSPS) is 11.0. The van der Waals surface area contributed by atoms with Crippen LogP contribution in [0.25, 0.3) is 16.7 Å². The fourth-order valence-electron chi connectivity index (χ4n) is 3.87. The van der Waals surface area contributed by atoms with Gasteiger partial charge in [-0.1, -0.05) is 41.9 Å². The lowest BCUT2D eigenvalue weighted by molar-refractivity contribution is -0.121. The molecule has 1 amide bonds. The van der Waals surface area contributed by atoms with Gasteiger partial charge in [0.15, 0.2) is 5.65 Å². The number of nitrogens with one attached hydrogen (secondary N) is 1. The molecule has 0 atom stereocenters. The topological polar surface area (TPSA) is 69.0 Å². The highest BCUT2D eigenvalue weighted by Crippen LogP contribution is 2.31. The molecule has 0 bridgehead atoms. The van der Waals surface area contributed by atoms with Crippen molar-refractivity contribution >= 4 is 28.5 Å². The molecule has 0 unspecified atom stereocenters. The van der Waals surface area contributed by atoms with Crippen LogP contribution in [-0.2, 0) is 17.8 Å². The smallest absolute Gasteiger partial charge is 0.220 e. The maximum absolute atomic E-state index is 12.5. The van der Waals surface area contributed by atoms with Gasteiger partial charge < -0.3 is 10.1 Å². The highest BCUT2D eigenvalue weighted by Gasteiger charge is 2.20. The third-order valence-electron chi connectivity index (χ3n) is 5.53. The minimum atomic E-state index is -0.0294. The Morgan fingerprint density at radius 3 is 2.50 bits per heavy atom. The van der Waals surface area contributed by atoms with Crippen molar-refractivity contribution in [3.05, 3.63) is 82.0 Å². The first-order valence-corrected chi connectivity index (χ1v) is 10.8. The Hall–Kier alpha value is -3.38. The van der Waals surface area contributed by atoms with Gasteiger partial charge in [-0.2, -0.15) is 10.1 Å². The number of carbonyl (C=O) groups is 1. The van der Waals surface area contributed by atoms with E-state index in [9.17, 15) is 4.79 Å². The number of pyridine rings is 1. The highest BCUT2D eigenvalue weighted by molar-refractivity contribution is 6.30. The number of para-hydroxylation sites is 1. The second-order valence-electron chi connectivity index (χ2n) is 7.66. The Balaban J connectivity index is 1.56. The Bertz CT molecular complexity index is 1250. The Morgan fingerprint density at radius 2 is 1.81 bits per heavy atom. The quantitative estimate of drug-likeness (QED) is 0.434. The van der Waals surface area contributed by atoms with Gasteiger partial charge >= 0.3 is 0 Å². The monoisotopic (exact) mass is 448 g/mol. The zero-order valence-electron chi connectivity index (χ0n) is 18.4. The molecule has 7 heteroatoms. The Labute approximate surface area is 192 Å². The van der Waals surface area contributed by atoms with Crippen molar-refractivity contribution in [1.29, 1.82) is 0 Å². The van der Waals surface area contributed by atoms with E-state index in [2.05, 4.69) is 5.32 Å². The number of aryl methyl sites for hydroxylation is 2. The van der Waals surface area contributed by atoms with Crippen LogP contribution in [0.3, 0.4) is 0 Å². The van der Waals surface area contributed by atoms with E-state index in [1.807, 2.05) is 73.1 Å². The van der Waals surface area contributed by atoms with Crippen LogP contribution >= 0.6 is 11.6 Å². The minimum Gasteiger partial charge on any atom is -0.481 e. The number of carbonyl (C=O) groups excluding carboxylic acids is 1. The maximum atomic E-state index is 12.5. The van der Waals surface area contributed by atoms with Crippen LogP contribution in [0, 0.1) is 13.8 Å². The molecule has 0 aliphatic heterocycles. The van der Waals surface area contributed by atoms with Crippen LogP contribution in [-0.4, -0.2) is 27.8 Å². The third-order valence-corrected chi connectivity index (χ3v) is 5.78. The molecule has 0 saturated heterocycles. The molecule has 6 nitrogen and oxygen atoms in total. The van der Waals surface area contributed by atoms with Crippen LogP contribution in [0.4, 0.5) is 0 Å². The van der Waals surface area contributed by atoms with Gasteiger partial charge in [-0.05, 0) is 55.7 Å². The lowest BCUT2D eigenvalue weighted by Gasteiger charge is -2.13. The van der Waals surface area contributed by atoms with Crippen molar-refractivity contribution in [2.75, 3.05) is 7.11 Å². The van der Waals surface area contributed by atoms with Crippen molar-refractivity contribution in [1.82, 2.24) is 20.1 Å². The zero-order chi connectivity index (χ0) is 22.7. The van der Waals surface area contributed by atoms with Crippen molar-refractivity contribution in [3.63, 3.8) is 0 Å². The van der Waals surface area contributed by atoms with Gasteiger partial charge in [0.2, 0.25) is 11.8 Å². The third kappa shape index (κ3) is 4.46. The first kappa shape index (κ1) is 21.8. The molecule has 164 valence electrons. The fraction of sp³-hybridized carbons (Fsp3) is 0.240. The number of hydrogen-bond acceptors (Lipinski definition) is 4. The number of benzene rings is 2. The van der Waals surface area contributed by atoms with Gasteiger partial charge in [0.25, 0.3) is 0 Å².